The third-order valence-electron chi connectivity index (χ3n) is 10.6. The Balaban J connectivity index is 1.04. The van der Waals surface area contributed by atoms with Gasteiger partial charge in [0.15, 0.2) is 11.5 Å². The van der Waals surface area contributed by atoms with E-state index >= 15 is 0 Å². The van der Waals surface area contributed by atoms with Gasteiger partial charge < -0.3 is 38.3 Å². The number of benzene rings is 3. The highest BCUT2D eigenvalue weighted by atomic mass is 19.1. The van der Waals surface area contributed by atoms with Gasteiger partial charge in [-0.15, -0.1) is 0 Å². The molecule has 2 aliphatic rings. The van der Waals surface area contributed by atoms with Crippen molar-refractivity contribution in [3.63, 3.8) is 0 Å². The molecule has 1 amide bonds. The minimum atomic E-state index is -0.310. The number of nitrogens with one attached hydrogen (secondary N) is 1. The molecule has 268 valence electrons. The number of halogens is 1. The molecule has 11 heteroatoms. The molecule has 3 aromatic carbocycles. The molecule has 1 unspecified atom stereocenters. The number of ether oxygens (including phenoxy) is 3. The molecule has 2 fully saturated rings. The van der Waals surface area contributed by atoms with Crippen molar-refractivity contribution in [1.29, 1.82) is 0 Å². The van der Waals surface area contributed by atoms with Crippen LogP contribution in [0, 0.1) is 5.82 Å². The van der Waals surface area contributed by atoms with Crippen molar-refractivity contribution in [2.24, 2.45) is 0 Å². The van der Waals surface area contributed by atoms with Gasteiger partial charge in [-0.1, -0.05) is 24.3 Å². The predicted molar refractivity (Wildman–Crippen MR) is 195 cm³/mol. The lowest BCUT2D eigenvalue weighted by atomic mass is 9.71. The Morgan fingerprint density at radius 1 is 0.980 bits per heavy atom. The number of imidazole rings is 1. The number of carbonyl (C=O) groups excluding carboxylic acids is 1. The number of para-hydroxylation sites is 2. The van der Waals surface area contributed by atoms with Crippen LogP contribution < -0.4 is 19.5 Å². The van der Waals surface area contributed by atoms with Crippen molar-refractivity contribution in [2.45, 2.75) is 50.1 Å². The number of hydrogen-bond donors (Lipinski definition) is 1. The van der Waals surface area contributed by atoms with Gasteiger partial charge in [-0.2, -0.15) is 0 Å². The molecule has 51 heavy (non-hydrogen) atoms. The van der Waals surface area contributed by atoms with Crippen molar-refractivity contribution in [3.05, 3.63) is 102 Å². The van der Waals surface area contributed by atoms with Gasteiger partial charge in [0.1, 0.15) is 5.82 Å². The summed E-state index contributed by atoms with van der Waals surface area (Å²) in [7, 11) is 4.64. The largest absolute Gasteiger partial charge is 0.493 e. The third kappa shape index (κ3) is 7.26. The van der Waals surface area contributed by atoms with E-state index in [4.69, 9.17) is 23.6 Å². The number of carbonyl (C=O) groups is 1. The first-order valence-corrected chi connectivity index (χ1v) is 17.7. The maximum Gasteiger partial charge on any atom is 0.254 e. The fourth-order valence-corrected chi connectivity index (χ4v) is 7.85. The molecule has 1 atom stereocenters. The summed E-state index contributed by atoms with van der Waals surface area (Å²) in [4.78, 5) is 23.5. The van der Waals surface area contributed by atoms with Crippen molar-refractivity contribution < 1.29 is 27.8 Å². The number of anilines is 1. The van der Waals surface area contributed by atoms with Crippen LogP contribution in [-0.4, -0.2) is 85.4 Å². The Morgan fingerprint density at radius 3 is 2.41 bits per heavy atom. The Kier molecular flexibility index (Phi) is 10.2. The number of likely N-dealkylation sites (tertiary alicyclic amines) is 2. The zero-order chi connectivity index (χ0) is 35.4. The topological polar surface area (TPSA) is 94.2 Å². The van der Waals surface area contributed by atoms with Crippen LogP contribution in [-0.2, 0) is 12.0 Å². The summed E-state index contributed by atoms with van der Waals surface area (Å²) in [6.45, 7) is 4.65. The highest BCUT2D eigenvalue weighted by Gasteiger charge is 2.39. The summed E-state index contributed by atoms with van der Waals surface area (Å²) in [6.07, 6.45) is 8.09. The van der Waals surface area contributed by atoms with E-state index in [1.807, 2.05) is 35.2 Å². The van der Waals surface area contributed by atoms with E-state index in [-0.39, 0.29) is 17.1 Å². The van der Waals surface area contributed by atoms with Crippen LogP contribution >= 0.6 is 0 Å². The molecule has 7 rings (SSSR count). The standard InChI is InChI=1S/C40H46FN5O5/c1-48-35-23-29(24-36(49-2)37(35)50-3)38(47)45-18-6-16-40(27-45,30-9-11-31(41)12-10-30)17-21-44-19-13-32(14-20-44)42-39-43-33-7-4-5-8-34(33)46(39)25-28-15-22-51-26-28/h4-5,7-12,15,22-24,26,32H,6,13-14,16-21,25,27H2,1-3H3,(H,42,43). The van der Waals surface area contributed by atoms with Crippen molar-refractivity contribution >= 4 is 22.9 Å². The normalized spacial score (nSPS) is 18.5. The summed E-state index contributed by atoms with van der Waals surface area (Å²) in [5, 5.41) is 3.76. The molecule has 2 aromatic heterocycles. The second kappa shape index (κ2) is 15.1. The zero-order valence-corrected chi connectivity index (χ0v) is 29.6. The molecular weight excluding hydrogens is 649 g/mol. The van der Waals surface area contributed by atoms with Crippen molar-refractivity contribution in [2.75, 3.05) is 59.4 Å². The number of furan rings is 1. The van der Waals surface area contributed by atoms with Crippen LogP contribution in [0.1, 0.15) is 53.6 Å². The molecule has 10 nitrogen and oxygen atoms in total. The SMILES string of the molecule is COc1cc(C(=O)N2CCCC(CCN3CCC(Nc4nc5ccccc5n4Cc4ccoc4)CC3)(c3ccc(F)cc3)C2)cc(OC)c1OC. The van der Waals surface area contributed by atoms with E-state index in [1.165, 1.54) is 12.1 Å². The molecule has 2 saturated heterocycles. The first-order valence-electron chi connectivity index (χ1n) is 17.7. The predicted octanol–water partition coefficient (Wildman–Crippen LogP) is 6.98. The summed E-state index contributed by atoms with van der Waals surface area (Å²) < 4.78 is 38.3. The second-order valence-corrected chi connectivity index (χ2v) is 13.7. The summed E-state index contributed by atoms with van der Waals surface area (Å²) in [5.41, 5.74) is 4.39. The fourth-order valence-electron chi connectivity index (χ4n) is 7.85. The van der Waals surface area contributed by atoms with Gasteiger partial charge in [-0.3, -0.25) is 4.79 Å². The van der Waals surface area contributed by atoms with Gasteiger partial charge in [0, 0.05) is 48.8 Å². The third-order valence-corrected chi connectivity index (χ3v) is 10.6. The van der Waals surface area contributed by atoms with Crippen LogP contribution in [0.5, 0.6) is 17.2 Å². The molecule has 2 aliphatic heterocycles. The number of rotatable bonds is 12. The van der Waals surface area contributed by atoms with E-state index in [0.29, 0.717) is 48.5 Å². The van der Waals surface area contributed by atoms with Crippen LogP contribution in [0.4, 0.5) is 10.3 Å². The van der Waals surface area contributed by atoms with Gasteiger partial charge in [-0.05, 0) is 86.7 Å². The van der Waals surface area contributed by atoms with Crippen LogP contribution in [0.25, 0.3) is 11.0 Å². The number of aromatic nitrogens is 2. The van der Waals surface area contributed by atoms with Crippen molar-refractivity contribution in [3.8, 4) is 17.2 Å². The van der Waals surface area contributed by atoms with E-state index in [1.54, 1.807) is 46.0 Å². The Bertz CT molecular complexity index is 1910. The molecular formula is C40H46FN5O5. The van der Waals surface area contributed by atoms with Crippen LogP contribution in [0.2, 0.25) is 0 Å². The molecule has 4 heterocycles. The number of hydrogen-bond acceptors (Lipinski definition) is 8. The number of nitrogens with zero attached hydrogens (tertiary/aromatic N) is 4. The molecule has 1 N–H and O–H groups in total. The molecule has 0 saturated carbocycles. The van der Waals surface area contributed by atoms with E-state index in [9.17, 15) is 9.18 Å². The molecule has 0 spiro atoms. The monoisotopic (exact) mass is 695 g/mol. The highest BCUT2D eigenvalue weighted by Crippen LogP contribution is 2.41. The zero-order valence-electron chi connectivity index (χ0n) is 29.6. The van der Waals surface area contributed by atoms with Gasteiger partial charge in [0.05, 0.1) is 51.4 Å². The minimum absolute atomic E-state index is 0.0916. The quantitative estimate of drug-likeness (QED) is 0.150. The van der Waals surface area contributed by atoms with E-state index in [0.717, 1.165) is 79.8 Å². The number of piperidine rings is 2. The van der Waals surface area contributed by atoms with Crippen LogP contribution in [0.3, 0.4) is 0 Å². The first kappa shape index (κ1) is 34.4. The summed E-state index contributed by atoms with van der Waals surface area (Å²) in [5.74, 6) is 1.85. The maximum atomic E-state index is 14.1. The highest BCUT2D eigenvalue weighted by molar-refractivity contribution is 5.96. The number of fused-ring (bicyclic) bond motifs is 1. The van der Waals surface area contributed by atoms with Crippen molar-refractivity contribution in [1.82, 2.24) is 19.4 Å². The fraction of sp³-hybridized carbons (Fsp3) is 0.400. The first-order chi connectivity index (χ1) is 24.9. The van der Waals surface area contributed by atoms with Gasteiger partial charge in [0.2, 0.25) is 11.7 Å². The lowest BCUT2D eigenvalue weighted by Crippen LogP contribution is -2.50. The van der Waals surface area contributed by atoms with E-state index in [2.05, 4.69) is 26.9 Å². The summed E-state index contributed by atoms with van der Waals surface area (Å²) in [6, 6.07) is 20.8. The minimum Gasteiger partial charge on any atom is -0.493 e. The Hall–Kier alpha value is -5.03. The average Bonchev–Trinajstić information content (AvgIpc) is 3.82. The maximum absolute atomic E-state index is 14.1. The van der Waals surface area contributed by atoms with E-state index < -0.39 is 0 Å². The van der Waals surface area contributed by atoms with Gasteiger partial charge in [-0.25, -0.2) is 9.37 Å². The second-order valence-electron chi connectivity index (χ2n) is 13.7. The van der Waals surface area contributed by atoms with Gasteiger partial charge in [0.25, 0.3) is 5.91 Å². The number of methoxy groups -OCH3 is 3. The van der Waals surface area contributed by atoms with Crippen LogP contribution in [0.15, 0.2) is 83.7 Å². The smallest absolute Gasteiger partial charge is 0.254 e. The molecule has 0 radical (unpaired) electrons. The molecule has 0 aliphatic carbocycles. The molecule has 5 aromatic rings. The lowest BCUT2D eigenvalue weighted by molar-refractivity contribution is 0.0606. The Labute approximate surface area is 298 Å². The lowest BCUT2D eigenvalue weighted by Gasteiger charge is -2.45. The molecule has 0 bridgehead atoms. The Morgan fingerprint density at radius 2 is 1.73 bits per heavy atom. The summed E-state index contributed by atoms with van der Waals surface area (Å²) >= 11 is 0. The van der Waals surface area contributed by atoms with Gasteiger partial charge >= 0.3 is 0 Å². The average molecular weight is 696 g/mol. The number of amides is 1.